The highest BCUT2D eigenvalue weighted by atomic mass is 32.2. The van der Waals surface area contributed by atoms with Crippen molar-refractivity contribution in [3.8, 4) is 12.0 Å². The lowest BCUT2D eigenvalue weighted by atomic mass is 10.0. The van der Waals surface area contributed by atoms with Crippen LogP contribution in [0.2, 0.25) is 0 Å². The molecule has 1 fully saturated rings. The number of hydrogen-bond acceptors (Lipinski definition) is 6. The number of benzene rings is 1. The maximum atomic E-state index is 13.0. The van der Waals surface area contributed by atoms with Crippen molar-refractivity contribution in [3.63, 3.8) is 0 Å². The minimum absolute atomic E-state index is 0.138. The smallest absolute Gasteiger partial charge is 0.256 e. The fourth-order valence-corrected chi connectivity index (χ4v) is 5.59. The van der Waals surface area contributed by atoms with Gasteiger partial charge in [-0.15, -0.1) is 0 Å². The van der Waals surface area contributed by atoms with Crippen LogP contribution in [0, 0.1) is 18.3 Å². The first kappa shape index (κ1) is 24.3. The third kappa shape index (κ3) is 4.99. The number of sulfonamides is 1. The summed E-state index contributed by atoms with van der Waals surface area (Å²) in [6, 6.07) is 11.4. The monoisotopic (exact) mass is 495 g/mol. The molecule has 2 amide bonds. The summed E-state index contributed by atoms with van der Waals surface area (Å²) >= 11 is 0. The van der Waals surface area contributed by atoms with E-state index < -0.39 is 15.9 Å². The van der Waals surface area contributed by atoms with Gasteiger partial charge in [0, 0.05) is 44.1 Å². The third-order valence-electron chi connectivity index (χ3n) is 5.85. The Morgan fingerprint density at radius 3 is 2.31 bits per heavy atom. The van der Waals surface area contributed by atoms with Gasteiger partial charge < -0.3 is 15.1 Å². The number of hydrogen-bond donors (Lipinski definition) is 2. The van der Waals surface area contributed by atoms with Gasteiger partial charge in [0.2, 0.25) is 21.8 Å². The minimum atomic E-state index is -3.70. The van der Waals surface area contributed by atoms with Gasteiger partial charge in [-0.3, -0.25) is 14.2 Å². The van der Waals surface area contributed by atoms with Crippen LogP contribution >= 0.6 is 0 Å². The van der Waals surface area contributed by atoms with Crippen LogP contribution in [-0.4, -0.2) is 48.2 Å². The lowest BCUT2D eigenvalue weighted by molar-refractivity contribution is -0.114. The van der Waals surface area contributed by atoms with Crippen molar-refractivity contribution in [2.24, 2.45) is 0 Å². The summed E-state index contributed by atoms with van der Waals surface area (Å²) in [7, 11) is -3.70. The summed E-state index contributed by atoms with van der Waals surface area (Å²) in [5.74, 6) is -0.0368. The molecule has 1 saturated heterocycles. The van der Waals surface area contributed by atoms with E-state index in [-0.39, 0.29) is 46.9 Å². The molecule has 1 aliphatic heterocycles. The molecule has 11 heteroatoms. The predicted molar refractivity (Wildman–Crippen MR) is 127 cm³/mol. The number of amides is 2. The minimum Gasteiger partial charge on any atom is -0.443 e. The zero-order chi connectivity index (χ0) is 25.2. The number of nitrogens with one attached hydrogen (secondary N) is 2. The fourth-order valence-electron chi connectivity index (χ4n) is 4.12. The summed E-state index contributed by atoms with van der Waals surface area (Å²) in [4.78, 5) is 24.3. The zero-order valence-corrected chi connectivity index (χ0v) is 20.1. The van der Waals surface area contributed by atoms with Crippen LogP contribution in [0.25, 0.3) is 5.88 Å². The van der Waals surface area contributed by atoms with Gasteiger partial charge in [-0.2, -0.15) is 9.57 Å². The molecule has 4 rings (SSSR count). The van der Waals surface area contributed by atoms with E-state index in [2.05, 4.69) is 16.7 Å². The van der Waals surface area contributed by atoms with Gasteiger partial charge in [-0.1, -0.05) is 0 Å². The van der Waals surface area contributed by atoms with Gasteiger partial charge in [0.15, 0.2) is 0 Å². The predicted octanol–water partition coefficient (Wildman–Crippen LogP) is 2.79. The van der Waals surface area contributed by atoms with E-state index in [1.54, 1.807) is 48.1 Å². The molecule has 1 aromatic carbocycles. The Labute approximate surface area is 203 Å². The van der Waals surface area contributed by atoms with Gasteiger partial charge in [0.25, 0.3) is 5.91 Å². The van der Waals surface area contributed by atoms with Gasteiger partial charge in [-0.05, 0) is 56.2 Å². The highest BCUT2D eigenvalue weighted by molar-refractivity contribution is 7.89. The van der Waals surface area contributed by atoms with E-state index in [4.69, 9.17) is 4.42 Å². The van der Waals surface area contributed by atoms with Crippen LogP contribution in [-0.2, 0) is 14.8 Å². The summed E-state index contributed by atoms with van der Waals surface area (Å²) in [6.07, 6.45) is 4.31. The van der Waals surface area contributed by atoms with E-state index in [0.29, 0.717) is 24.3 Å². The number of rotatable bonds is 6. The van der Waals surface area contributed by atoms with Crippen molar-refractivity contribution in [1.82, 2.24) is 14.2 Å². The zero-order valence-electron chi connectivity index (χ0n) is 19.3. The fraction of sp³-hybridized carbons (Fsp3) is 0.292. The number of nitriles is 1. The molecule has 35 heavy (non-hydrogen) atoms. The molecule has 3 heterocycles. The van der Waals surface area contributed by atoms with Crippen molar-refractivity contribution in [1.29, 1.82) is 5.26 Å². The molecule has 3 aromatic rings. The highest BCUT2D eigenvalue weighted by Gasteiger charge is 2.32. The quantitative estimate of drug-likeness (QED) is 0.539. The second kappa shape index (κ2) is 9.77. The number of aromatic nitrogens is 1. The molecule has 0 unspecified atom stereocenters. The molecule has 2 N–H and O–H groups in total. The molecule has 0 radical (unpaired) electrons. The number of anilines is 1. The van der Waals surface area contributed by atoms with Crippen LogP contribution in [0.5, 0.6) is 0 Å². The first-order valence-electron chi connectivity index (χ1n) is 11.1. The van der Waals surface area contributed by atoms with Crippen molar-refractivity contribution in [2.75, 3.05) is 18.4 Å². The lowest BCUT2D eigenvalue weighted by Gasteiger charge is -2.31. The molecule has 2 aromatic heterocycles. The molecule has 0 aliphatic carbocycles. The second-order valence-electron chi connectivity index (χ2n) is 8.27. The van der Waals surface area contributed by atoms with Crippen LogP contribution in [0.15, 0.2) is 58.1 Å². The van der Waals surface area contributed by atoms with Crippen molar-refractivity contribution < 1.29 is 22.4 Å². The summed E-state index contributed by atoms with van der Waals surface area (Å²) in [6.45, 7) is 3.49. The SMILES string of the molecule is CC(=O)Nc1ccc(S(=O)(=O)N2CCC(NC(=O)c3c(C)oc(-n4cccc4)c3C#N)CC2)cc1. The largest absolute Gasteiger partial charge is 0.443 e. The van der Waals surface area contributed by atoms with Gasteiger partial charge in [-0.25, -0.2) is 8.42 Å². The Hall–Kier alpha value is -3.88. The topological polar surface area (TPSA) is 137 Å². The third-order valence-corrected chi connectivity index (χ3v) is 7.76. The average molecular weight is 496 g/mol. The molecular formula is C24H25N5O5S. The number of piperidine rings is 1. The normalized spacial score (nSPS) is 14.9. The maximum Gasteiger partial charge on any atom is 0.256 e. The number of aryl methyl sites for hydroxylation is 1. The summed E-state index contributed by atoms with van der Waals surface area (Å²) < 4.78 is 34.7. The van der Waals surface area contributed by atoms with Crippen molar-refractivity contribution in [2.45, 2.75) is 37.6 Å². The average Bonchev–Trinajstić information content (AvgIpc) is 3.47. The van der Waals surface area contributed by atoms with Crippen LogP contribution in [0.1, 0.15) is 41.4 Å². The Kier molecular flexibility index (Phi) is 6.77. The van der Waals surface area contributed by atoms with Gasteiger partial charge >= 0.3 is 0 Å². The van der Waals surface area contributed by atoms with Gasteiger partial charge in [0.1, 0.15) is 23.0 Å². The number of furan rings is 1. The Bertz CT molecular complexity index is 1380. The number of nitrogens with zero attached hydrogens (tertiary/aromatic N) is 3. The standard InChI is InChI=1S/C24H25N5O5S/c1-16-22(21(15-25)24(34-16)28-11-3-4-12-28)23(31)27-19-9-13-29(14-10-19)35(32,33)20-7-5-18(6-8-20)26-17(2)30/h3-8,11-12,19H,9-10,13-14H2,1-2H3,(H,26,30)(H,27,31). The summed E-state index contributed by atoms with van der Waals surface area (Å²) in [5.41, 5.74) is 0.855. The molecule has 0 bridgehead atoms. The molecule has 1 aliphatic rings. The van der Waals surface area contributed by atoms with E-state index in [9.17, 15) is 23.3 Å². The van der Waals surface area contributed by atoms with E-state index in [0.717, 1.165) is 0 Å². The van der Waals surface area contributed by atoms with Crippen LogP contribution < -0.4 is 10.6 Å². The first-order valence-corrected chi connectivity index (χ1v) is 12.5. The van der Waals surface area contributed by atoms with Gasteiger partial charge in [0.05, 0.1) is 4.90 Å². The molecule has 10 nitrogen and oxygen atoms in total. The van der Waals surface area contributed by atoms with E-state index in [1.807, 2.05) is 0 Å². The first-order chi connectivity index (χ1) is 16.7. The molecule has 0 saturated carbocycles. The van der Waals surface area contributed by atoms with Crippen LogP contribution in [0.3, 0.4) is 0 Å². The number of carbonyl (C=O) groups excluding carboxylic acids is 2. The lowest BCUT2D eigenvalue weighted by Crippen LogP contribution is -2.46. The van der Waals surface area contributed by atoms with E-state index in [1.165, 1.54) is 23.4 Å². The molecular weight excluding hydrogens is 470 g/mol. The van der Waals surface area contributed by atoms with Crippen molar-refractivity contribution in [3.05, 3.63) is 65.7 Å². The Morgan fingerprint density at radius 1 is 1.11 bits per heavy atom. The molecule has 0 atom stereocenters. The highest BCUT2D eigenvalue weighted by Crippen LogP contribution is 2.27. The molecule has 0 spiro atoms. The van der Waals surface area contributed by atoms with Crippen molar-refractivity contribution >= 4 is 27.5 Å². The maximum absolute atomic E-state index is 13.0. The van der Waals surface area contributed by atoms with E-state index >= 15 is 0 Å². The second-order valence-corrected chi connectivity index (χ2v) is 10.2. The Balaban J connectivity index is 1.41. The molecule has 182 valence electrons. The van der Waals surface area contributed by atoms with Crippen LogP contribution in [0.4, 0.5) is 5.69 Å². The number of carbonyl (C=O) groups is 2. The summed E-state index contributed by atoms with van der Waals surface area (Å²) in [5, 5.41) is 15.2. The Morgan fingerprint density at radius 2 is 1.74 bits per heavy atom.